The van der Waals surface area contributed by atoms with Gasteiger partial charge in [0.25, 0.3) is 0 Å². The van der Waals surface area contributed by atoms with Crippen LogP contribution in [-0.2, 0) is 9.47 Å². The molecule has 0 spiro atoms. The number of hydrogen-bond donors (Lipinski definition) is 1. The monoisotopic (exact) mass is 388 g/mol. The molecule has 2 heterocycles. The summed E-state index contributed by atoms with van der Waals surface area (Å²) in [5.41, 5.74) is 9.46. The van der Waals surface area contributed by atoms with Crippen molar-refractivity contribution in [1.82, 2.24) is 9.55 Å². The second-order valence-corrected chi connectivity index (χ2v) is 7.96. The summed E-state index contributed by atoms with van der Waals surface area (Å²) in [4.78, 5) is 7.02. The molecule has 0 atom stereocenters. The van der Waals surface area contributed by atoms with Gasteiger partial charge in [-0.25, -0.2) is 4.98 Å². The van der Waals surface area contributed by atoms with Crippen molar-refractivity contribution in [2.45, 2.75) is 50.9 Å². The molecule has 0 unspecified atom stereocenters. The van der Waals surface area contributed by atoms with Gasteiger partial charge in [0.05, 0.1) is 23.8 Å². The molecule has 28 heavy (non-hydrogen) atoms. The van der Waals surface area contributed by atoms with Gasteiger partial charge in [0, 0.05) is 45.3 Å². The summed E-state index contributed by atoms with van der Waals surface area (Å²) in [6.45, 7) is 1.89. The Morgan fingerprint density at radius 3 is 2.32 bits per heavy atom. The normalized spacial score (nSPS) is 19.2. The number of imidazole rings is 1. The van der Waals surface area contributed by atoms with Crippen LogP contribution in [0.2, 0.25) is 0 Å². The van der Waals surface area contributed by atoms with Crippen molar-refractivity contribution >= 4 is 22.7 Å². The van der Waals surface area contributed by atoms with Gasteiger partial charge in [-0.2, -0.15) is 0 Å². The van der Waals surface area contributed by atoms with Crippen LogP contribution >= 0.6 is 0 Å². The molecule has 1 saturated carbocycles. The molecule has 1 aliphatic heterocycles. The predicted molar refractivity (Wildman–Crippen MR) is 111 cm³/mol. The van der Waals surface area contributed by atoms with E-state index < -0.39 is 0 Å². The molecule has 2 N–H and O–H groups in total. The first-order valence-corrected chi connectivity index (χ1v) is 10.3. The van der Waals surface area contributed by atoms with Crippen molar-refractivity contribution in [3.05, 3.63) is 12.1 Å². The summed E-state index contributed by atoms with van der Waals surface area (Å²) < 4.78 is 18.9. The zero-order valence-corrected chi connectivity index (χ0v) is 17.2. The van der Waals surface area contributed by atoms with E-state index in [0.717, 1.165) is 48.4 Å². The van der Waals surface area contributed by atoms with Crippen molar-refractivity contribution in [3.8, 4) is 5.75 Å². The molecule has 2 aromatic rings. The molecule has 7 nitrogen and oxygen atoms in total. The maximum Gasteiger partial charge on any atom is 0.201 e. The lowest BCUT2D eigenvalue weighted by Gasteiger charge is -2.36. The molecule has 1 aliphatic carbocycles. The SMILES string of the molecule is COc1cc2nc(N)n(C3CCCC3)c2cc1N1CCC(C(OC)OC)CC1. The number of rotatable bonds is 6. The fraction of sp³-hybridized carbons (Fsp3) is 0.667. The lowest BCUT2D eigenvalue weighted by Crippen LogP contribution is -2.39. The highest BCUT2D eigenvalue weighted by molar-refractivity contribution is 5.86. The number of nitrogen functional groups attached to an aromatic ring is 1. The number of hydrogen-bond acceptors (Lipinski definition) is 6. The van der Waals surface area contributed by atoms with Crippen LogP contribution in [0.3, 0.4) is 0 Å². The minimum absolute atomic E-state index is 0.130. The molecular weight excluding hydrogens is 356 g/mol. The summed E-state index contributed by atoms with van der Waals surface area (Å²) in [7, 11) is 5.15. The molecule has 1 aromatic carbocycles. The number of nitrogens with two attached hydrogens (primary N) is 1. The molecule has 0 radical (unpaired) electrons. The molecule has 154 valence electrons. The van der Waals surface area contributed by atoms with Gasteiger partial charge in [-0.1, -0.05) is 12.8 Å². The van der Waals surface area contributed by atoms with Crippen molar-refractivity contribution in [2.24, 2.45) is 5.92 Å². The van der Waals surface area contributed by atoms with E-state index in [1.165, 1.54) is 25.7 Å². The van der Waals surface area contributed by atoms with Crippen molar-refractivity contribution in [2.75, 3.05) is 45.1 Å². The van der Waals surface area contributed by atoms with Crippen molar-refractivity contribution in [3.63, 3.8) is 0 Å². The molecule has 1 saturated heterocycles. The molecule has 2 aliphatic rings. The van der Waals surface area contributed by atoms with Crippen molar-refractivity contribution < 1.29 is 14.2 Å². The molecule has 1 aromatic heterocycles. The van der Waals surface area contributed by atoms with E-state index >= 15 is 0 Å². The Morgan fingerprint density at radius 2 is 1.71 bits per heavy atom. The first kappa shape index (κ1) is 19.3. The van der Waals surface area contributed by atoms with E-state index in [2.05, 4.69) is 20.5 Å². The Bertz CT molecular complexity index is 804. The number of benzene rings is 1. The Balaban J connectivity index is 1.64. The number of anilines is 2. The van der Waals surface area contributed by atoms with Gasteiger partial charge in [0.15, 0.2) is 6.29 Å². The van der Waals surface area contributed by atoms with Crippen LogP contribution in [0.4, 0.5) is 11.6 Å². The van der Waals surface area contributed by atoms with Gasteiger partial charge in [-0.05, 0) is 31.7 Å². The second kappa shape index (κ2) is 8.17. The predicted octanol–water partition coefficient (Wildman–Crippen LogP) is 3.58. The average Bonchev–Trinajstić information content (AvgIpc) is 3.34. The highest BCUT2D eigenvalue weighted by atomic mass is 16.7. The van der Waals surface area contributed by atoms with Crippen LogP contribution in [0, 0.1) is 5.92 Å². The molecule has 2 fully saturated rings. The number of nitrogens with zero attached hydrogens (tertiary/aromatic N) is 3. The maximum absolute atomic E-state index is 6.30. The summed E-state index contributed by atoms with van der Waals surface area (Å²) in [5, 5.41) is 0. The minimum Gasteiger partial charge on any atom is -0.495 e. The van der Waals surface area contributed by atoms with Crippen LogP contribution in [0.15, 0.2) is 12.1 Å². The standard InChI is InChI=1S/C21H32N4O3/c1-26-19-12-16-17(25(21(22)23-16)15-6-4-5-7-15)13-18(19)24-10-8-14(9-11-24)20(27-2)28-3/h12-15,20H,4-11H2,1-3H3,(H2,22,23). The summed E-state index contributed by atoms with van der Waals surface area (Å²) in [6, 6.07) is 4.72. The van der Waals surface area contributed by atoms with Crippen LogP contribution < -0.4 is 15.4 Å². The first-order valence-electron chi connectivity index (χ1n) is 10.3. The van der Waals surface area contributed by atoms with Crippen LogP contribution in [0.1, 0.15) is 44.6 Å². The zero-order chi connectivity index (χ0) is 19.7. The fourth-order valence-electron chi connectivity index (χ4n) is 4.98. The van der Waals surface area contributed by atoms with Crippen LogP contribution in [0.5, 0.6) is 5.75 Å². The largest absolute Gasteiger partial charge is 0.495 e. The molecular formula is C21H32N4O3. The number of ether oxygens (including phenoxy) is 3. The Labute approximate surface area is 166 Å². The Kier molecular flexibility index (Phi) is 5.64. The Hall–Kier alpha value is -1.99. The number of methoxy groups -OCH3 is 3. The number of fused-ring (bicyclic) bond motifs is 1. The van der Waals surface area contributed by atoms with Gasteiger partial charge in [0.2, 0.25) is 5.95 Å². The van der Waals surface area contributed by atoms with Gasteiger partial charge in [-0.15, -0.1) is 0 Å². The van der Waals surface area contributed by atoms with E-state index in [1.807, 2.05) is 6.07 Å². The summed E-state index contributed by atoms with van der Waals surface area (Å²) in [5.74, 6) is 1.89. The van der Waals surface area contributed by atoms with E-state index in [1.54, 1.807) is 21.3 Å². The van der Waals surface area contributed by atoms with E-state index in [9.17, 15) is 0 Å². The molecule has 7 heteroatoms. The first-order chi connectivity index (χ1) is 13.7. The quantitative estimate of drug-likeness (QED) is 0.763. The molecule has 0 amide bonds. The van der Waals surface area contributed by atoms with Crippen LogP contribution in [0.25, 0.3) is 11.0 Å². The topological polar surface area (TPSA) is 74.8 Å². The summed E-state index contributed by atoms with van der Waals surface area (Å²) >= 11 is 0. The van der Waals surface area contributed by atoms with Crippen molar-refractivity contribution in [1.29, 1.82) is 0 Å². The third kappa shape index (κ3) is 3.42. The maximum atomic E-state index is 6.30. The second-order valence-electron chi connectivity index (χ2n) is 7.96. The average molecular weight is 389 g/mol. The van der Waals surface area contributed by atoms with E-state index in [0.29, 0.717) is 17.9 Å². The van der Waals surface area contributed by atoms with E-state index in [4.69, 9.17) is 19.9 Å². The fourth-order valence-corrected chi connectivity index (χ4v) is 4.98. The van der Waals surface area contributed by atoms with Gasteiger partial charge < -0.3 is 29.4 Å². The Morgan fingerprint density at radius 1 is 1.04 bits per heavy atom. The lowest BCUT2D eigenvalue weighted by atomic mass is 9.95. The lowest BCUT2D eigenvalue weighted by molar-refractivity contribution is -0.141. The zero-order valence-electron chi connectivity index (χ0n) is 17.2. The van der Waals surface area contributed by atoms with Gasteiger partial charge in [-0.3, -0.25) is 0 Å². The highest BCUT2D eigenvalue weighted by Gasteiger charge is 2.29. The van der Waals surface area contributed by atoms with Crippen LogP contribution in [-0.4, -0.2) is 50.3 Å². The highest BCUT2D eigenvalue weighted by Crippen LogP contribution is 2.40. The summed E-state index contributed by atoms with van der Waals surface area (Å²) in [6.07, 6.45) is 6.81. The molecule has 4 rings (SSSR count). The smallest absolute Gasteiger partial charge is 0.201 e. The molecule has 0 bridgehead atoms. The third-order valence-electron chi connectivity index (χ3n) is 6.44. The minimum atomic E-state index is -0.130. The number of piperidine rings is 1. The van der Waals surface area contributed by atoms with Gasteiger partial charge >= 0.3 is 0 Å². The van der Waals surface area contributed by atoms with Gasteiger partial charge in [0.1, 0.15) is 5.75 Å². The third-order valence-corrected chi connectivity index (χ3v) is 6.44. The van der Waals surface area contributed by atoms with E-state index in [-0.39, 0.29) is 6.29 Å². The number of aromatic nitrogens is 2.